The monoisotopic (exact) mass is 342 g/mol. The molecule has 0 aliphatic heterocycles. The lowest BCUT2D eigenvalue weighted by molar-refractivity contribution is 0.0953. The minimum atomic E-state index is -0.00870. The van der Waals surface area contributed by atoms with Crippen LogP contribution in [0.25, 0.3) is 0 Å². The van der Waals surface area contributed by atoms with Crippen LogP contribution in [0.15, 0.2) is 47.4 Å². The molecule has 0 spiro atoms. The first-order valence-electron chi connectivity index (χ1n) is 8.37. The van der Waals surface area contributed by atoms with E-state index < -0.39 is 0 Å². The Hall–Kier alpha value is -1.78. The van der Waals surface area contributed by atoms with Crippen LogP contribution in [0.5, 0.6) is 0 Å². The SMILES string of the molecule is Cc1ccc(C)c(SCc2cccc(C(=O)NCCCCN)c2)c1. The highest BCUT2D eigenvalue weighted by Crippen LogP contribution is 2.27. The van der Waals surface area contributed by atoms with Crippen molar-refractivity contribution in [3.63, 3.8) is 0 Å². The number of hydrogen-bond acceptors (Lipinski definition) is 3. The third-order valence-corrected chi connectivity index (χ3v) is 5.07. The molecule has 2 rings (SSSR count). The molecule has 0 fully saturated rings. The van der Waals surface area contributed by atoms with E-state index in [1.807, 2.05) is 30.0 Å². The van der Waals surface area contributed by atoms with Crippen LogP contribution in [0.4, 0.5) is 0 Å². The molecule has 0 heterocycles. The van der Waals surface area contributed by atoms with Gasteiger partial charge in [-0.15, -0.1) is 11.8 Å². The number of carbonyl (C=O) groups is 1. The van der Waals surface area contributed by atoms with Crippen molar-refractivity contribution < 1.29 is 4.79 Å². The number of aryl methyl sites for hydroxylation is 2. The van der Waals surface area contributed by atoms with E-state index >= 15 is 0 Å². The van der Waals surface area contributed by atoms with Gasteiger partial charge in [0.1, 0.15) is 0 Å². The van der Waals surface area contributed by atoms with Crippen LogP contribution in [0, 0.1) is 13.8 Å². The van der Waals surface area contributed by atoms with Crippen LogP contribution in [-0.4, -0.2) is 19.0 Å². The number of benzene rings is 2. The summed E-state index contributed by atoms with van der Waals surface area (Å²) < 4.78 is 0. The second kappa shape index (κ2) is 9.50. The number of rotatable bonds is 8. The number of amides is 1. The highest BCUT2D eigenvalue weighted by Gasteiger charge is 2.06. The molecule has 0 radical (unpaired) electrons. The molecule has 24 heavy (non-hydrogen) atoms. The first-order chi connectivity index (χ1) is 11.6. The molecule has 0 aromatic heterocycles. The number of thioether (sulfide) groups is 1. The third-order valence-electron chi connectivity index (χ3n) is 3.84. The molecule has 0 unspecified atom stereocenters. The Bertz CT molecular complexity index is 685. The zero-order chi connectivity index (χ0) is 17.4. The van der Waals surface area contributed by atoms with E-state index in [2.05, 4.69) is 43.4 Å². The maximum absolute atomic E-state index is 12.2. The number of nitrogens with one attached hydrogen (secondary N) is 1. The average Bonchev–Trinajstić information content (AvgIpc) is 2.59. The first kappa shape index (κ1) is 18.6. The maximum Gasteiger partial charge on any atom is 0.251 e. The molecule has 0 saturated carbocycles. The zero-order valence-electron chi connectivity index (χ0n) is 14.5. The number of unbranched alkanes of at least 4 members (excludes halogenated alkanes) is 1. The molecule has 2 aromatic carbocycles. The Labute approximate surface area is 149 Å². The number of carbonyl (C=O) groups excluding carboxylic acids is 1. The molecule has 1 amide bonds. The molecule has 0 atom stereocenters. The van der Waals surface area contributed by atoms with Gasteiger partial charge in [0.05, 0.1) is 0 Å². The molecule has 3 N–H and O–H groups in total. The smallest absolute Gasteiger partial charge is 0.251 e. The molecule has 0 bridgehead atoms. The molecule has 0 saturated heterocycles. The van der Waals surface area contributed by atoms with Crippen molar-refractivity contribution in [2.75, 3.05) is 13.1 Å². The van der Waals surface area contributed by atoms with Gasteiger partial charge in [0, 0.05) is 22.8 Å². The highest BCUT2D eigenvalue weighted by molar-refractivity contribution is 7.98. The second-order valence-electron chi connectivity index (χ2n) is 6.01. The Morgan fingerprint density at radius 2 is 1.96 bits per heavy atom. The van der Waals surface area contributed by atoms with Crippen LogP contribution in [-0.2, 0) is 5.75 Å². The fraction of sp³-hybridized carbons (Fsp3) is 0.350. The number of hydrogen-bond donors (Lipinski definition) is 2. The fourth-order valence-electron chi connectivity index (χ4n) is 2.40. The quantitative estimate of drug-likeness (QED) is 0.562. The van der Waals surface area contributed by atoms with E-state index in [1.165, 1.54) is 16.0 Å². The topological polar surface area (TPSA) is 55.1 Å². The summed E-state index contributed by atoms with van der Waals surface area (Å²) in [6, 6.07) is 14.4. The van der Waals surface area contributed by atoms with Crippen molar-refractivity contribution in [3.8, 4) is 0 Å². The summed E-state index contributed by atoms with van der Waals surface area (Å²) in [5.41, 5.74) is 9.91. The van der Waals surface area contributed by atoms with Gasteiger partial charge < -0.3 is 11.1 Å². The lowest BCUT2D eigenvalue weighted by Gasteiger charge is -2.09. The van der Waals surface area contributed by atoms with Crippen molar-refractivity contribution in [1.29, 1.82) is 0 Å². The van der Waals surface area contributed by atoms with Gasteiger partial charge in [-0.25, -0.2) is 0 Å². The minimum Gasteiger partial charge on any atom is -0.352 e. The number of nitrogens with two attached hydrogens (primary N) is 1. The second-order valence-corrected chi connectivity index (χ2v) is 7.03. The third kappa shape index (κ3) is 5.69. The van der Waals surface area contributed by atoms with Gasteiger partial charge in [-0.1, -0.05) is 29.8 Å². The summed E-state index contributed by atoms with van der Waals surface area (Å²) in [6.07, 6.45) is 1.86. The summed E-state index contributed by atoms with van der Waals surface area (Å²) >= 11 is 1.81. The van der Waals surface area contributed by atoms with Crippen molar-refractivity contribution in [2.45, 2.75) is 37.3 Å². The molecule has 0 aliphatic carbocycles. The van der Waals surface area contributed by atoms with E-state index in [0.29, 0.717) is 13.1 Å². The van der Waals surface area contributed by atoms with Gasteiger partial charge in [-0.2, -0.15) is 0 Å². The molecule has 2 aromatic rings. The van der Waals surface area contributed by atoms with Crippen LogP contribution in [0.3, 0.4) is 0 Å². The van der Waals surface area contributed by atoms with Crippen molar-refractivity contribution >= 4 is 17.7 Å². The maximum atomic E-state index is 12.2. The first-order valence-corrected chi connectivity index (χ1v) is 9.36. The summed E-state index contributed by atoms with van der Waals surface area (Å²) in [5, 5.41) is 2.95. The highest BCUT2D eigenvalue weighted by atomic mass is 32.2. The van der Waals surface area contributed by atoms with Crippen LogP contribution < -0.4 is 11.1 Å². The van der Waals surface area contributed by atoms with Crippen molar-refractivity contribution in [2.24, 2.45) is 5.73 Å². The van der Waals surface area contributed by atoms with Crippen LogP contribution in [0.1, 0.15) is 39.9 Å². The minimum absolute atomic E-state index is 0.00870. The predicted molar refractivity (Wildman–Crippen MR) is 103 cm³/mol. The normalized spacial score (nSPS) is 10.6. The molecule has 4 heteroatoms. The fourth-order valence-corrected chi connectivity index (χ4v) is 3.47. The molecule has 3 nitrogen and oxygen atoms in total. The van der Waals surface area contributed by atoms with E-state index in [-0.39, 0.29) is 5.91 Å². The van der Waals surface area contributed by atoms with E-state index in [1.54, 1.807) is 0 Å². The van der Waals surface area contributed by atoms with Gasteiger partial charge in [0.25, 0.3) is 5.91 Å². The Morgan fingerprint density at radius 1 is 1.12 bits per heavy atom. The van der Waals surface area contributed by atoms with Crippen molar-refractivity contribution in [1.82, 2.24) is 5.32 Å². The Kier molecular flexibility index (Phi) is 7.35. The summed E-state index contributed by atoms with van der Waals surface area (Å²) in [5.74, 6) is 0.851. The van der Waals surface area contributed by atoms with Gasteiger partial charge >= 0.3 is 0 Å². The van der Waals surface area contributed by atoms with E-state index in [9.17, 15) is 4.79 Å². The van der Waals surface area contributed by atoms with Gasteiger partial charge in [0.15, 0.2) is 0 Å². The zero-order valence-corrected chi connectivity index (χ0v) is 15.3. The summed E-state index contributed by atoms with van der Waals surface area (Å²) in [4.78, 5) is 13.5. The molecular formula is C20H26N2OS. The Morgan fingerprint density at radius 3 is 2.75 bits per heavy atom. The standard InChI is InChI=1S/C20H26N2OS/c1-15-8-9-16(2)19(12-15)24-14-17-6-5-7-18(13-17)20(23)22-11-4-3-10-21/h5-9,12-13H,3-4,10-11,14,21H2,1-2H3,(H,22,23). The predicted octanol–water partition coefficient (Wildman–Crippen LogP) is 4.06. The summed E-state index contributed by atoms with van der Waals surface area (Å²) in [6.45, 7) is 5.59. The Balaban J connectivity index is 1.94. The van der Waals surface area contributed by atoms with Gasteiger partial charge in [-0.3, -0.25) is 4.79 Å². The lowest BCUT2D eigenvalue weighted by atomic mass is 10.1. The van der Waals surface area contributed by atoms with E-state index in [0.717, 1.165) is 29.7 Å². The van der Waals surface area contributed by atoms with Crippen LogP contribution in [0.2, 0.25) is 0 Å². The van der Waals surface area contributed by atoms with Crippen LogP contribution >= 0.6 is 11.8 Å². The molecule has 0 aliphatic rings. The summed E-state index contributed by atoms with van der Waals surface area (Å²) in [7, 11) is 0. The van der Waals surface area contributed by atoms with Gasteiger partial charge in [-0.05, 0) is 62.6 Å². The van der Waals surface area contributed by atoms with Gasteiger partial charge in [0.2, 0.25) is 0 Å². The van der Waals surface area contributed by atoms with Crippen molar-refractivity contribution in [3.05, 3.63) is 64.7 Å². The largest absolute Gasteiger partial charge is 0.352 e. The van der Waals surface area contributed by atoms with E-state index in [4.69, 9.17) is 5.73 Å². The molecule has 128 valence electrons. The average molecular weight is 343 g/mol. The molecular weight excluding hydrogens is 316 g/mol. The lowest BCUT2D eigenvalue weighted by Crippen LogP contribution is -2.24.